The number of methoxy groups -OCH3 is 2. The fraction of sp³-hybridized carbons (Fsp3) is 0.704. The van der Waals surface area contributed by atoms with Gasteiger partial charge >= 0.3 is 5.97 Å². The van der Waals surface area contributed by atoms with Crippen LogP contribution in [0.5, 0.6) is 0 Å². The quantitative estimate of drug-likeness (QED) is 0.103. The molecule has 5 rings (SSSR count). The molecule has 3 fully saturated rings. The number of esters is 1. The molecule has 6 N–H and O–H groups in total. The summed E-state index contributed by atoms with van der Waals surface area (Å²) in [4.78, 5) is 48.8. The second-order valence-corrected chi connectivity index (χ2v) is 20.7. The van der Waals surface area contributed by atoms with Crippen LogP contribution < -0.4 is 11.1 Å². The summed E-state index contributed by atoms with van der Waals surface area (Å²) in [6.07, 6.45) is 20.5. The number of ketones is 1. The van der Waals surface area contributed by atoms with E-state index in [1.54, 1.807) is 33.5 Å². The van der Waals surface area contributed by atoms with Crippen LogP contribution in [-0.2, 0) is 33.3 Å². The van der Waals surface area contributed by atoms with Gasteiger partial charge in [0.25, 0.3) is 11.7 Å². The number of fused-ring (bicyclic) bond motifs is 3. The second kappa shape index (κ2) is 26.4. The summed E-state index contributed by atoms with van der Waals surface area (Å²) in [6.45, 7) is 12.2. The summed E-state index contributed by atoms with van der Waals surface area (Å²) < 4.78 is 24.2. The maximum absolute atomic E-state index is 14.5. The van der Waals surface area contributed by atoms with Crippen molar-refractivity contribution < 1.29 is 48.7 Å². The lowest BCUT2D eigenvalue weighted by atomic mass is 9.78. The zero-order chi connectivity index (χ0) is 49.5. The van der Waals surface area contributed by atoms with Crippen LogP contribution in [0.3, 0.4) is 0 Å². The van der Waals surface area contributed by atoms with E-state index in [-0.39, 0.29) is 42.4 Å². The Labute approximate surface area is 406 Å². The number of nitrogens with two attached hydrogens (primary N) is 1. The lowest BCUT2D eigenvalue weighted by molar-refractivity contribution is -0.263. The molecule has 68 heavy (non-hydrogen) atoms. The Morgan fingerprint density at radius 3 is 2.40 bits per heavy atom. The molecule has 1 aromatic heterocycles. The molecule has 14 nitrogen and oxygen atoms in total. The minimum Gasteiger partial charge on any atom is -0.461 e. The summed E-state index contributed by atoms with van der Waals surface area (Å²) in [7, 11) is 3.24. The van der Waals surface area contributed by atoms with Crippen molar-refractivity contribution in [2.75, 3.05) is 26.1 Å². The van der Waals surface area contributed by atoms with E-state index in [0.717, 1.165) is 30.5 Å². The van der Waals surface area contributed by atoms with Crippen molar-refractivity contribution in [2.24, 2.45) is 35.3 Å². The van der Waals surface area contributed by atoms with Crippen molar-refractivity contribution in [1.29, 1.82) is 0 Å². The van der Waals surface area contributed by atoms with E-state index in [1.165, 1.54) is 4.90 Å². The summed E-state index contributed by atoms with van der Waals surface area (Å²) >= 11 is 0. The summed E-state index contributed by atoms with van der Waals surface area (Å²) in [6, 6.07) is 2.02. The number of Topliss-reactive ketones (excluding diaryl/α,β-unsaturated/α-hetero) is 1. The first-order valence-corrected chi connectivity index (χ1v) is 25.4. The summed E-state index contributed by atoms with van der Waals surface area (Å²) in [5, 5.41) is 37.8. The highest BCUT2D eigenvalue weighted by molar-refractivity contribution is 6.39. The molecule has 4 aliphatic rings. The van der Waals surface area contributed by atoms with Gasteiger partial charge in [-0.1, -0.05) is 69.7 Å². The number of aliphatic hydroxyl groups excluding tert-OH is 2. The topological polar surface area (TPSA) is 203 Å². The number of allylic oxidation sites excluding steroid dienone is 5. The van der Waals surface area contributed by atoms with Crippen LogP contribution in [0.2, 0.25) is 0 Å². The third-order valence-electron chi connectivity index (χ3n) is 15.1. The van der Waals surface area contributed by atoms with Crippen LogP contribution in [0.4, 0.5) is 5.69 Å². The van der Waals surface area contributed by atoms with Gasteiger partial charge in [0.2, 0.25) is 5.79 Å². The van der Waals surface area contributed by atoms with Gasteiger partial charge in [-0.25, -0.2) is 4.79 Å². The maximum atomic E-state index is 14.5. The van der Waals surface area contributed by atoms with E-state index in [4.69, 9.17) is 24.7 Å². The predicted octanol–water partition coefficient (Wildman–Crippen LogP) is 7.37. The molecule has 4 heterocycles. The highest BCUT2D eigenvalue weighted by Gasteiger charge is 2.53. The molecule has 0 radical (unpaired) electrons. The predicted molar refractivity (Wildman–Crippen MR) is 264 cm³/mol. The smallest absolute Gasteiger partial charge is 0.329 e. The molecule has 3 aliphatic heterocycles. The fourth-order valence-corrected chi connectivity index (χ4v) is 10.9. The molecule has 2 saturated heterocycles. The Bertz CT molecular complexity index is 1890. The van der Waals surface area contributed by atoms with Gasteiger partial charge < -0.3 is 50.2 Å². The summed E-state index contributed by atoms with van der Waals surface area (Å²) in [5.74, 6) is -5.06. The number of nitrogens with zero attached hydrogens (tertiary/aromatic N) is 2. The third kappa shape index (κ3) is 15.4. The molecule has 8 unspecified atom stereocenters. The highest BCUT2D eigenvalue weighted by atomic mass is 16.6. The molecule has 1 aliphatic carbocycles. The lowest BCUT2D eigenvalue weighted by Crippen LogP contribution is -2.61. The number of aromatic nitrogens is 1. The summed E-state index contributed by atoms with van der Waals surface area (Å²) in [5.41, 5.74) is 9.25. The first-order valence-electron chi connectivity index (χ1n) is 25.4. The average Bonchev–Trinajstić information content (AvgIpc) is 3.32. The molecule has 1 aromatic rings. The van der Waals surface area contributed by atoms with Crippen molar-refractivity contribution in [3.05, 3.63) is 72.1 Å². The van der Waals surface area contributed by atoms with Crippen molar-refractivity contribution in [3.63, 3.8) is 0 Å². The number of ether oxygens (including phenoxy) is 4. The number of nitrogens with one attached hydrogen (secondary N) is 1. The van der Waals surface area contributed by atoms with Gasteiger partial charge in [0, 0.05) is 51.2 Å². The number of pyridine rings is 1. The van der Waals surface area contributed by atoms with E-state index >= 15 is 0 Å². The van der Waals surface area contributed by atoms with Gasteiger partial charge in [-0.15, -0.1) is 0 Å². The van der Waals surface area contributed by atoms with Crippen LogP contribution in [0, 0.1) is 29.6 Å². The Morgan fingerprint density at radius 1 is 0.912 bits per heavy atom. The largest absolute Gasteiger partial charge is 0.461 e. The number of carbonyl (C=O) groups excluding carboxylic acids is 3. The minimum absolute atomic E-state index is 0.116. The van der Waals surface area contributed by atoms with Gasteiger partial charge in [0.05, 0.1) is 30.1 Å². The molecule has 2 bridgehead atoms. The van der Waals surface area contributed by atoms with Crippen molar-refractivity contribution in [3.8, 4) is 0 Å². The Balaban J connectivity index is 1.45. The van der Waals surface area contributed by atoms with Gasteiger partial charge in [-0.2, -0.15) is 0 Å². The van der Waals surface area contributed by atoms with E-state index in [1.807, 2.05) is 56.4 Å². The molecule has 1 saturated carbocycles. The van der Waals surface area contributed by atoms with E-state index in [2.05, 4.69) is 37.1 Å². The zero-order valence-electron chi connectivity index (χ0n) is 42.1. The monoisotopic (exact) mass is 949 g/mol. The third-order valence-corrected chi connectivity index (χ3v) is 15.1. The Kier molecular flexibility index (Phi) is 21.5. The van der Waals surface area contributed by atoms with Gasteiger partial charge in [-0.05, 0) is 145 Å². The van der Waals surface area contributed by atoms with Gasteiger partial charge in [0.15, 0.2) is 0 Å². The molecule has 0 spiro atoms. The number of rotatable bonds is 7. The first-order chi connectivity index (χ1) is 32.4. The van der Waals surface area contributed by atoms with Crippen molar-refractivity contribution in [1.82, 2.24) is 9.88 Å². The SMILES string of the molecule is COC1CC(C[C@@H](C)[C@@H]2CC[C@H](N)/C=C(\C)C(O)[C@@H](OC)CC(C)C[C@H](C)/C=C/C=C/C=C(\C)[C@H](Nc3cccnc3)CC3CCC(C)C(O)(O3)C(=O)C(=O)N3CCCCC3C(=O)O2)CC[C@H]1O. The number of carbonyl (C=O) groups is 3. The van der Waals surface area contributed by atoms with E-state index < -0.39 is 72.0 Å². The van der Waals surface area contributed by atoms with Crippen molar-refractivity contribution >= 4 is 23.3 Å². The van der Waals surface area contributed by atoms with Crippen LogP contribution in [0.25, 0.3) is 0 Å². The molecular formula is C54H84N4O10. The average molecular weight is 949 g/mol. The molecule has 15 atom stereocenters. The Morgan fingerprint density at radius 2 is 1.68 bits per heavy atom. The normalized spacial score (nSPS) is 39.0. The zero-order valence-corrected chi connectivity index (χ0v) is 42.1. The standard InChI is InChI=1S/C54H84N4O10/c1-34-15-10-9-11-16-36(3)44(57-42-17-14-25-56-33-42)32-43-22-19-39(6)54(64,68-43)51(61)52(62)58-26-13-12-18-45(58)53(63)67-47(37(4)29-40-20-23-46(59)48(31-40)65-7)24-21-41(55)30-38(5)50(60)49(66-8)28-35(2)27-34/h9-11,14-17,25,30,33-35,37,39-41,43-50,57,59-60,64H,12-13,18-24,26-29,31-32,55H2,1-8H3/b11-9+,15-10+,36-16+,38-30+/t34-,35?,37-,39?,40?,41+,43?,44-,45?,46-,47+,48?,49+,50?,54?/m1/s1. The number of hydrogen-bond acceptors (Lipinski definition) is 13. The number of hydrogen-bond donors (Lipinski definition) is 5. The maximum Gasteiger partial charge on any atom is 0.329 e. The molecule has 14 heteroatoms. The van der Waals surface area contributed by atoms with Gasteiger partial charge in [0.1, 0.15) is 18.2 Å². The van der Waals surface area contributed by atoms with Crippen LogP contribution in [-0.4, -0.2) is 124 Å². The van der Waals surface area contributed by atoms with Crippen LogP contribution >= 0.6 is 0 Å². The molecular weight excluding hydrogens is 865 g/mol. The number of piperidine rings is 1. The fourth-order valence-electron chi connectivity index (χ4n) is 10.9. The minimum atomic E-state index is -2.40. The van der Waals surface area contributed by atoms with Gasteiger partial charge in [-0.3, -0.25) is 14.6 Å². The lowest BCUT2D eigenvalue weighted by Gasteiger charge is -2.43. The molecule has 1 amide bonds. The van der Waals surface area contributed by atoms with E-state index in [0.29, 0.717) is 76.2 Å². The molecule has 380 valence electrons. The molecule has 0 aromatic carbocycles. The van der Waals surface area contributed by atoms with E-state index in [9.17, 15) is 29.7 Å². The van der Waals surface area contributed by atoms with Crippen molar-refractivity contribution in [2.45, 2.75) is 192 Å². The first kappa shape index (κ1) is 55.2. The number of cyclic esters (lactones) is 1. The number of amides is 1. The van der Waals surface area contributed by atoms with Crippen LogP contribution in [0.15, 0.2) is 72.1 Å². The van der Waals surface area contributed by atoms with Crippen LogP contribution in [0.1, 0.15) is 131 Å². The highest BCUT2D eigenvalue weighted by Crippen LogP contribution is 2.38. The number of anilines is 1. The Hall–Kier alpha value is -3.76. The number of aliphatic hydroxyl groups is 3. The second-order valence-electron chi connectivity index (χ2n) is 20.7.